The number of fused-ring (bicyclic) bond motifs is 1. The highest BCUT2D eigenvalue weighted by atomic mass is 16.5. The maximum absolute atomic E-state index is 13.1. The zero-order valence-corrected chi connectivity index (χ0v) is 16.5. The predicted octanol–water partition coefficient (Wildman–Crippen LogP) is 2.76. The van der Waals surface area contributed by atoms with Crippen LogP contribution in [0.3, 0.4) is 0 Å². The average Bonchev–Trinajstić information content (AvgIpc) is 3.00. The Bertz CT molecular complexity index is 786. The van der Waals surface area contributed by atoms with E-state index in [2.05, 4.69) is 31.9 Å². The van der Waals surface area contributed by atoms with Gasteiger partial charge in [0.2, 0.25) is 0 Å². The Morgan fingerprint density at radius 1 is 1.21 bits per heavy atom. The first-order chi connectivity index (χ1) is 13.7. The molecule has 0 aliphatic carbocycles. The number of nitrogens with zero attached hydrogens (tertiary/aromatic N) is 4. The Morgan fingerprint density at radius 2 is 2.07 bits per heavy atom. The van der Waals surface area contributed by atoms with Crippen LogP contribution in [0.25, 0.3) is 0 Å². The van der Waals surface area contributed by atoms with E-state index < -0.39 is 5.41 Å². The molecule has 0 radical (unpaired) electrons. The fourth-order valence-electron chi connectivity index (χ4n) is 4.73. The molecule has 6 heteroatoms. The van der Waals surface area contributed by atoms with Crippen molar-refractivity contribution in [3.8, 4) is 0 Å². The standard InChI is InChI=1S/C22H28N4O2/c1-2-28-21(27)22-9-5-13-25(14-18-7-11-23-12-8-18)15-19(22)16-26(17-22)20-6-3-4-10-24-20/h3-4,6-8,10-12,19H,2,5,9,13-17H2,1H3/t19-,22-/m0/s1. The van der Waals surface area contributed by atoms with Gasteiger partial charge in [0.25, 0.3) is 0 Å². The van der Waals surface area contributed by atoms with Crippen LogP contribution in [0.1, 0.15) is 25.3 Å². The number of ether oxygens (including phenoxy) is 1. The van der Waals surface area contributed by atoms with Gasteiger partial charge in [0.15, 0.2) is 0 Å². The van der Waals surface area contributed by atoms with Crippen molar-refractivity contribution in [3.63, 3.8) is 0 Å². The van der Waals surface area contributed by atoms with Gasteiger partial charge in [-0.3, -0.25) is 14.7 Å². The van der Waals surface area contributed by atoms with Crippen molar-refractivity contribution in [2.45, 2.75) is 26.3 Å². The second-order valence-corrected chi connectivity index (χ2v) is 7.84. The fraction of sp³-hybridized carbons (Fsp3) is 0.500. The van der Waals surface area contributed by atoms with E-state index in [0.717, 1.165) is 44.8 Å². The number of pyridine rings is 2. The topological polar surface area (TPSA) is 58.6 Å². The van der Waals surface area contributed by atoms with Crippen molar-refractivity contribution in [3.05, 3.63) is 54.5 Å². The van der Waals surface area contributed by atoms with Gasteiger partial charge in [0, 0.05) is 50.7 Å². The van der Waals surface area contributed by atoms with Crippen molar-refractivity contribution in [2.24, 2.45) is 11.3 Å². The summed E-state index contributed by atoms with van der Waals surface area (Å²) in [6.07, 6.45) is 7.36. The molecule has 2 saturated heterocycles. The third kappa shape index (κ3) is 3.74. The van der Waals surface area contributed by atoms with Gasteiger partial charge in [-0.15, -0.1) is 0 Å². The van der Waals surface area contributed by atoms with Gasteiger partial charge in [-0.05, 0) is 56.1 Å². The minimum absolute atomic E-state index is 0.0378. The van der Waals surface area contributed by atoms with E-state index in [4.69, 9.17) is 4.74 Å². The van der Waals surface area contributed by atoms with Crippen LogP contribution >= 0.6 is 0 Å². The van der Waals surface area contributed by atoms with E-state index >= 15 is 0 Å². The van der Waals surface area contributed by atoms with Crippen molar-refractivity contribution < 1.29 is 9.53 Å². The van der Waals surface area contributed by atoms with Crippen LogP contribution in [0.5, 0.6) is 0 Å². The Kier molecular flexibility index (Phi) is 5.57. The molecule has 0 N–H and O–H groups in total. The van der Waals surface area contributed by atoms with E-state index in [9.17, 15) is 4.79 Å². The molecule has 0 spiro atoms. The molecule has 2 aromatic heterocycles. The molecule has 2 aliphatic heterocycles. The molecule has 2 fully saturated rings. The van der Waals surface area contributed by atoms with Crippen molar-refractivity contribution in [1.29, 1.82) is 0 Å². The largest absolute Gasteiger partial charge is 0.466 e. The fourth-order valence-corrected chi connectivity index (χ4v) is 4.73. The first-order valence-corrected chi connectivity index (χ1v) is 10.2. The van der Waals surface area contributed by atoms with Gasteiger partial charge >= 0.3 is 5.97 Å². The second-order valence-electron chi connectivity index (χ2n) is 7.84. The number of hydrogen-bond acceptors (Lipinski definition) is 6. The summed E-state index contributed by atoms with van der Waals surface area (Å²) in [5, 5.41) is 0. The van der Waals surface area contributed by atoms with Gasteiger partial charge in [0.1, 0.15) is 5.82 Å². The normalized spacial score (nSPS) is 25.2. The number of carbonyl (C=O) groups excluding carboxylic acids is 1. The maximum Gasteiger partial charge on any atom is 0.314 e. The molecule has 2 aliphatic rings. The molecule has 28 heavy (non-hydrogen) atoms. The summed E-state index contributed by atoms with van der Waals surface area (Å²) in [5.74, 6) is 1.14. The number of rotatable bonds is 5. The zero-order chi connectivity index (χ0) is 19.4. The molecule has 0 saturated carbocycles. The molecule has 4 heterocycles. The molecule has 6 nitrogen and oxygen atoms in total. The van der Waals surface area contributed by atoms with Crippen LogP contribution < -0.4 is 4.90 Å². The number of aromatic nitrogens is 2. The Balaban J connectivity index is 1.58. The first kappa shape index (κ1) is 18.9. The Hall–Kier alpha value is -2.47. The minimum atomic E-state index is -0.444. The van der Waals surface area contributed by atoms with Crippen molar-refractivity contribution in [2.75, 3.05) is 37.7 Å². The molecule has 0 aromatic carbocycles. The highest BCUT2D eigenvalue weighted by molar-refractivity contribution is 5.79. The number of likely N-dealkylation sites (tertiary alicyclic amines) is 1. The molecular weight excluding hydrogens is 352 g/mol. The summed E-state index contributed by atoms with van der Waals surface area (Å²) < 4.78 is 5.57. The lowest BCUT2D eigenvalue weighted by molar-refractivity contribution is -0.157. The second kappa shape index (κ2) is 8.27. The van der Waals surface area contributed by atoms with Crippen LogP contribution in [0, 0.1) is 11.3 Å². The van der Waals surface area contributed by atoms with Crippen LogP contribution in [-0.2, 0) is 16.1 Å². The monoisotopic (exact) mass is 380 g/mol. The number of anilines is 1. The lowest BCUT2D eigenvalue weighted by Gasteiger charge is -2.31. The zero-order valence-electron chi connectivity index (χ0n) is 16.5. The van der Waals surface area contributed by atoms with Crippen LogP contribution in [-0.4, -0.2) is 53.6 Å². The summed E-state index contributed by atoms with van der Waals surface area (Å²) in [7, 11) is 0. The van der Waals surface area contributed by atoms with Crippen molar-refractivity contribution in [1.82, 2.24) is 14.9 Å². The van der Waals surface area contributed by atoms with Crippen molar-refractivity contribution >= 4 is 11.8 Å². The quantitative estimate of drug-likeness (QED) is 0.744. The lowest BCUT2D eigenvalue weighted by atomic mass is 9.75. The van der Waals surface area contributed by atoms with E-state index in [-0.39, 0.29) is 11.9 Å². The van der Waals surface area contributed by atoms with Gasteiger partial charge in [-0.2, -0.15) is 0 Å². The summed E-state index contributed by atoms with van der Waals surface area (Å²) >= 11 is 0. The van der Waals surface area contributed by atoms with Crippen LogP contribution in [0.15, 0.2) is 48.9 Å². The van der Waals surface area contributed by atoms with E-state index in [1.54, 1.807) is 0 Å². The summed E-state index contributed by atoms with van der Waals surface area (Å²) in [5.41, 5.74) is 0.818. The Morgan fingerprint density at radius 3 is 2.82 bits per heavy atom. The molecule has 0 amide bonds. The summed E-state index contributed by atoms with van der Waals surface area (Å²) in [6.45, 7) is 6.63. The van der Waals surface area contributed by atoms with Gasteiger partial charge in [-0.1, -0.05) is 6.07 Å². The SMILES string of the molecule is CCOC(=O)[C@]12CCCN(Cc3ccncc3)C[C@H]1CN(c1ccccn1)C2. The molecule has 4 rings (SSSR count). The number of esters is 1. The molecular formula is C22H28N4O2. The van der Waals surface area contributed by atoms with E-state index in [0.29, 0.717) is 13.2 Å². The molecule has 148 valence electrons. The molecule has 0 unspecified atom stereocenters. The third-order valence-corrected chi connectivity index (χ3v) is 6.08. The van der Waals surface area contributed by atoms with Crippen LogP contribution in [0.2, 0.25) is 0 Å². The minimum Gasteiger partial charge on any atom is -0.466 e. The molecule has 0 bridgehead atoms. The van der Waals surface area contributed by atoms with E-state index in [1.165, 1.54) is 5.56 Å². The van der Waals surface area contributed by atoms with Crippen LogP contribution in [0.4, 0.5) is 5.82 Å². The predicted molar refractivity (Wildman–Crippen MR) is 108 cm³/mol. The smallest absolute Gasteiger partial charge is 0.314 e. The summed E-state index contributed by atoms with van der Waals surface area (Å²) in [6, 6.07) is 10.1. The highest BCUT2D eigenvalue weighted by Gasteiger charge is 2.54. The highest BCUT2D eigenvalue weighted by Crippen LogP contribution is 2.45. The maximum atomic E-state index is 13.1. The average molecular weight is 380 g/mol. The number of carbonyl (C=O) groups is 1. The molecule has 2 aromatic rings. The van der Waals surface area contributed by atoms with E-state index in [1.807, 2.05) is 43.7 Å². The Labute approximate surface area is 166 Å². The lowest BCUT2D eigenvalue weighted by Crippen LogP contribution is -2.42. The van der Waals surface area contributed by atoms with Gasteiger partial charge < -0.3 is 9.64 Å². The van der Waals surface area contributed by atoms with Gasteiger partial charge in [0.05, 0.1) is 12.0 Å². The number of hydrogen-bond donors (Lipinski definition) is 0. The third-order valence-electron chi connectivity index (χ3n) is 6.08. The summed E-state index contributed by atoms with van der Waals surface area (Å²) in [4.78, 5) is 26.5. The first-order valence-electron chi connectivity index (χ1n) is 10.2. The van der Waals surface area contributed by atoms with Gasteiger partial charge in [-0.25, -0.2) is 4.98 Å². The molecule has 2 atom stereocenters.